The highest BCUT2D eigenvalue weighted by atomic mass is 19.1. The Morgan fingerprint density at radius 1 is 1.14 bits per heavy atom. The lowest BCUT2D eigenvalue weighted by Gasteiger charge is -2.23. The lowest BCUT2D eigenvalue weighted by atomic mass is 10.1. The SMILES string of the molecule is CC(C)(C)NC[C@H](O)COc1ccc(F)c2ccccc12. The van der Waals surface area contributed by atoms with E-state index in [-0.39, 0.29) is 18.0 Å². The Hall–Kier alpha value is -1.65. The Morgan fingerprint density at radius 2 is 1.81 bits per heavy atom. The fourth-order valence-electron chi connectivity index (χ4n) is 2.03. The maximum Gasteiger partial charge on any atom is 0.131 e. The minimum Gasteiger partial charge on any atom is -0.490 e. The molecule has 114 valence electrons. The van der Waals surface area contributed by atoms with E-state index in [0.29, 0.717) is 23.1 Å². The van der Waals surface area contributed by atoms with Crippen LogP contribution in [-0.4, -0.2) is 29.9 Å². The first-order chi connectivity index (χ1) is 9.87. The van der Waals surface area contributed by atoms with Crippen LogP contribution in [0.2, 0.25) is 0 Å². The molecule has 2 aromatic rings. The van der Waals surface area contributed by atoms with Gasteiger partial charge in [0.15, 0.2) is 0 Å². The molecule has 0 aromatic heterocycles. The van der Waals surface area contributed by atoms with Crippen LogP contribution in [0, 0.1) is 5.82 Å². The third-order valence-corrected chi connectivity index (χ3v) is 3.13. The summed E-state index contributed by atoms with van der Waals surface area (Å²) in [6, 6.07) is 10.1. The molecule has 0 bridgehead atoms. The molecule has 0 spiro atoms. The molecule has 0 unspecified atom stereocenters. The molecule has 0 heterocycles. The van der Waals surface area contributed by atoms with Crippen LogP contribution < -0.4 is 10.1 Å². The van der Waals surface area contributed by atoms with Crippen molar-refractivity contribution in [3.05, 3.63) is 42.2 Å². The van der Waals surface area contributed by atoms with Crippen molar-refractivity contribution in [3.63, 3.8) is 0 Å². The molecule has 0 amide bonds. The predicted octanol–water partition coefficient (Wildman–Crippen LogP) is 3.11. The molecule has 0 saturated carbocycles. The van der Waals surface area contributed by atoms with E-state index in [1.165, 1.54) is 6.07 Å². The third kappa shape index (κ3) is 4.41. The normalized spacial score (nSPS) is 13.4. The fourth-order valence-corrected chi connectivity index (χ4v) is 2.03. The molecule has 2 aromatic carbocycles. The molecule has 3 nitrogen and oxygen atoms in total. The molecule has 0 aliphatic rings. The van der Waals surface area contributed by atoms with Gasteiger partial charge in [0.25, 0.3) is 0 Å². The highest BCUT2D eigenvalue weighted by Gasteiger charge is 2.13. The van der Waals surface area contributed by atoms with Crippen molar-refractivity contribution >= 4 is 10.8 Å². The number of halogens is 1. The highest BCUT2D eigenvalue weighted by molar-refractivity contribution is 5.88. The first-order valence-corrected chi connectivity index (χ1v) is 7.10. The number of aliphatic hydroxyl groups excluding tert-OH is 1. The Balaban J connectivity index is 2.02. The molecule has 1 atom stereocenters. The van der Waals surface area contributed by atoms with Crippen LogP contribution in [0.15, 0.2) is 36.4 Å². The van der Waals surface area contributed by atoms with E-state index in [2.05, 4.69) is 5.32 Å². The van der Waals surface area contributed by atoms with Crippen LogP contribution in [0.5, 0.6) is 5.75 Å². The quantitative estimate of drug-likeness (QED) is 0.889. The summed E-state index contributed by atoms with van der Waals surface area (Å²) in [7, 11) is 0. The van der Waals surface area contributed by atoms with Gasteiger partial charge in [-0.25, -0.2) is 4.39 Å². The minimum atomic E-state index is -0.618. The number of hydrogen-bond acceptors (Lipinski definition) is 3. The summed E-state index contributed by atoms with van der Waals surface area (Å²) in [6.07, 6.45) is -0.618. The highest BCUT2D eigenvalue weighted by Crippen LogP contribution is 2.27. The van der Waals surface area contributed by atoms with E-state index in [1.807, 2.05) is 32.9 Å². The van der Waals surface area contributed by atoms with Gasteiger partial charge < -0.3 is 15.2 Å². The van der Waals surface area contributed by atoms with Gasteiger partial charge in [0.05, 0.1) is 0 Å². The average molecular weight is 291 g/mol. The van der Waals surface area contributed by atoms with Gasteiger partial charge in [-0.15, -0.1) is 0 Å². The number of rotatable bonds is 5. The summed E-state index contributed by atoms with van der Waals surface area (Å²) in [5, 5.41) is 14.4. The lowest BCUT2D eigenvalue weighted by molar-refractivity contribution is 0.101. The summed E-state index contributed by atoms with van der Waals surface area (Å²) < 4.78 is 19.3. The van der Waals surface area contributed by atoms with Gasteiger partial charge in [-0.2, -0.15) is 0 Å². The maximum atomic E-state index is 13.7. The molecule has 0 aliphatic heterocycles. The van der Waals surface area contributed by atoms with Crippen LogP contribution in [-0.2, 0) is 0 Å². The number of hydrogen-bond donors (Lipinski definition) is 2. The first-order valence-electron chi connectivity index (χ1n) is 7.10. The summed E-state index contributed by atoms with van der Waals surface area (Å²) in [6.45, 7) is 6.72. The topological polar surface area (TPSA) is 41.5 Å². The van der Waals surface area contributed by atoms with Crippen LogP contribution in [0.25, 0.3) is 10.8 Å². The van der Waals surface area contributed by atoms with E-state index in [0.717, 1.165) is 0 Å². The predicted molar refractivity (Wildman–Crippen MR) is 83.2 cm³/mol. The minimum absolute atomic E-state index is 0.0520. The Kier molecular flexibility index (Phi) is 4.80. The second kappa shape index (κ2) is 6.41. The molecule has 2 N–H and O–H groups in total. The number of aliphatic hydroxyl groups is 1. The fraction of sp³-hybridized carbons (Fsp3) is 0.412. The van der Waals surface area contributed by atoms with Gasteiger partial charge in [0.2, 0.25) is 0 Å². The van der Waals surface area contributed by atoms with Crippen molar-refractivity contribution in [2.24, 2.45) is 0 Å². The van der Waals surface area contributed by atoms with Gasteiger partial charge in [-0.05, 0) is 32.9 Å². The number of β-amino-alcohol motifs (C(OH)–C–C–N with tert-alkyl or cyclic N) is 1. The van der Waals surface area contributed by atoms with Gasteiger partial charge >= 0.3 is 0 Å². The van der Waals surface area contributed by atoms with Crippen molar-refractivity contribution in [1.29, 1.82) is 0 Å². The molecular weight excluding hydrogens is 269 g/mol. The van der Waals surface area contributed by atoms with Crippen molar-refractivity contribution in [1.82, 2.24) is 5.32 Å². The molecule has 0 fully saturated rings. The van der Waals surface area contributed by atoms with E-state index < -0.39 is 6.10 Å². The van der Waals surface area contributed by atoms with Crippen molar-refractivity contribution < 1.29 is 14.2 Å². The summed E-state index contributed by atoms with van der Waals surface area (Å²) >= 11 is 0. The smallest absolute Gasteiger partial charge is 0.131 e. The van der Waals surface area contributed by atoms with E-state index in [4.69, 9.17) is 4.74 Å². The number of nitrogens with one attached hydrogen (secondary N) is 1. The summed E-state index contributed by atoms with van der Waals surface area (Å²) in [4.78, 5) is 0. The van der Waals surface area contributed by atoms with Gasteiger partial charge in [0.1, 0.15) is 24.3 Å². The van der Waals surface area contributed by atoms with Crippen LogP contribution >= 0.6 is 0 Å². The van der Waals surface area contributed by atoms with Gasteiger partial charge in [-0.3, -0.25) is 0 Å². The van der Waals surface area contributed by atoms with Crippen molar-refractivity contribution in [3.8, 4) is 5.75 Å². The monoisotopic (exact) mass is 291 g/mol. The Labute approximate surface area is 124 Å². The molecule has 21 heavy (non-hydrogen) atoms. The number of ether oxygens (including phenoxy) is 1. The molecule has 0 aliphatic carbocycles. The zero-order chi connectivity index (χ0) is 15.5. The van der Waals surface area contributed by atoms with E-state index in [1.54, 1.807) is 18.2 Å². The molecular formula is C17H22FNO2. The van der Waals surface area contributed by atoms with Crippen LogP contribution in [0.3, 0.4) is 0 Å². The van der Waals surface area contributed by atoms with Gasteiger partial charge in [0, 0.05) is 22.9 Å². The zero-order valence-electron chi connectivity index (χ0n) is 12.7. The first kappa shape index (κ1) is 15.7. The van der Waals surface area contributed by atoms with Crippen LogP contribution in [0.4, 0.5) is 4.39 Å². The Bertz CT molecular complexity index is 607. The summed E-state index contributed by atoms with van der Waals surface area (Å²) in [5.74, 6) is 0.315. The number of fused-ring (bicyclic) bond motifs is 1. The van der Waals surface area contributed by atoms with Crippen molar-refractivity contribution in [2.45, 2.75) is 32.4 Å². The van der Waals surface area contributed by atoms with Crippen molar-refractivity contribution in [2.75, 3.05) is 13.2 Å². The third-order valence-electron chi connectivity index (χ3n) is 3.13. The average Bonchev–Trinajstić information content (AvgIpc) is 2.44. The van der Waals surface area contributed by atoms with Gasteiger partial charge in [-0.1, -0.05) is 24.3 Å². The molecule has 4 heteroatoms. The van der Waals surface area contributed by atoms with E-state index >= 15 is 0 Å². The second-order valence-corrected chi connectivity index (χ2v) is 6.19. The summed E-state index contributed by atoms with van der Waals surface area (Å²) in [5.41, 5.74) is -0.0520. The Morgan fingerprint density at radius 3 is 2.48 bits per heavy atom. The largest absolute Gasteiger partial charge is 0.490 e. The van der Waals surface area contributed by atoms with E-state index in [9.17, 15) is 9.50 Å². The standard InChI is InChI=1S/C17H22FNO2/c1-17(2,3)19-10-12(20)11-21-16-9-8-15(18)13-6-4-5-7-14(13)16/h4-9,12,19-20H,10-11H2,1-3H3/t12-/m0/s1. The zero-order valence-corrected chi connectivity index (χ0v) is 12.7. The second-order valence-electron chi connectivity index (χ2n) is 6.19. The molecule has 0 radical (unpaired) electrons. The number of benzene rings is 2. The lowest BCUT2D eigenvalue weighted by Crippen LogP contribution is -2.42. The maximum absolute atomic E-state index is 13.7. The van der Waals surface area contributed by atoms with Crippen LogP contribution in [0.1, 0.15) is 20.8 Å². The molecule has 2 rings (SSSR count). The molecule has 0 saturated heterocycles.